The highest BCUT2D eigenvalue weighted by atomic mass is 28.2. The van der Waals surface area contributed by atoms with Crippen molar-refractivity contribution < 1.29 is 0 Å². The predicted octanol–water partition coefficient (Wildman–Crippen LogP) is 0.790. The third-order valence-corrected chi connectivity index (χ3v) is 0.837. The molecule has 0 aliphatic carbocycles. The van der Waals surface area contributed by atoms with Gasteiger partial charge in [-0.2, -0.15) is 0 Å². The highest BCUT2D eigenvalue weighted by Gasteiger charge is 1.64. The molecule has 1 heteroatoms. The monoisotopic (exact) mass is 82.0 g/mol. The van der Waals surface area contributed by atoms with Gasteiger partial charge in [0.05, 0.1) is 0 Å². The van der Waals surface area contributed by atoms with E-state index in [9.17, 15) is 0 Å². The van der Waals surface area contributed by atoms with Gasteiger partial charge in [0.25, 0.3) is 0 Å². The molecule has 0 saturated carbocycles. The standard InChI is InChI=1S/C4H6Si/c1-3-4-5-2/h1H,4H2,2H3. The molecule has 0 aliphatic heterocycles. The van der Waals surface area contributed by atoms with E-state index in [-0.39, 0.29) is 0 Å². The van der Waals surface area contributed by atoms with Gasteiger partial charge in [-0.25, -0.2) is 0 Å². The summed E-state index contributed by atoms with van der Waals surface area (Å²) in [5.74, 6) is 2.53. The summed E-state index contributed by atoms with van der Waals surface area (Å²) in [6.45, 7) is 2.10. The maximum absolute atomic E-state index is 4.90. The zero-order valence-corrected chi connectivity index (χ0v) is 4.28. The molecule has 0 heterocycles. The van der Waals surface area contributed by atoms with Crippen molar-refractivity contribution >= 4 is 9.52 Å². The second kappa shape index (κ2) is 3.78. The molecule has 0 aromatic heterocycles. The first-order valence-electron chi connectivity index (χ1n) is 1.50. The maximum Gasteiger partial charge on any atom is 0.0500 e. The van der Waals surface area contributed by atoms with Crippen LogP contribution in [0.3, 0.4) is 0 Å². The summed E-state index contributed by atoms with van der Waals surface area (Å²) in [6.07, 6.45) is 4.90. The molecule has 0 bridgehead atoms. The lowest BCUT2D eigenvalue weighted by atomic mass is 10.8. The lowest BCUT2D eigenvalue weighted by molar-refractivity contribution is 1.81. The highest BCUT2D eigenvalue weighted by molar-refractivity contribution is 6.34. The third kappa shape index (κ3) is 3.78. The van der Waals surface area contributed by atoms with Crippen molar-refractivity contribution in [2.24, 2.45) is 0 Å². The molecule has 0 aliphatic rings. The van der Waals surface area contributed by atoms with Crippen molar-refractivity contribution in [1.29, 1.82) is 0 Å². The fourth-order valence-corrected chi connectivity index (χ4v) is 0.306. The maximum atomic E-state index is 4.90. The van der Waals surface area contributed by atoms with Crippen LogP contribution in [0.2, 0.25) is 12.6 Å². The molecule has 0 spiro atoms. The molecule has 0 atom stereocenters. The minimum atomic E-state index is 0.922. The fraction of sp³-hybridized carbons (Fsp3) is 0.500. The van der Waals surface area contributed by atoms with Crippen LogP contribution in [0, 0.1) is 12.3 Å². The molecule has 26 valence electrons. The van der Waals surface area contributed by atoms with Crippen molar-refractivity contribution in [3.63, 3.8) is 0 Å². The first-order valence-corrected chi connectivity index (χ1v) is 3.20. The fourth-order valence-electron chi connectivity index (χ4n) is 0.102. The highest BCUT2D eigenvalue weighted by Crippen LogP contribution is 1.65. The lowest BCUT2D eigenvalue weighted by Gasteiger charge is -1.67. The Hall–Kier alpha value is -0.223. The Morgan fingerprint density at radius 2 is 2.60 bits per heavy atom. The molecular formula is C4H6Si. The number of hydrogen-bond acceptors (Lipinski definition) is 0. The van der Waals surface area contributed by atoms with E-state index in [4.69, 9.17) is 6.42 Å². The summed E-state index contributed by atoms with van der Waals surface area (Å²) in [5.41, 5.74) is 0. The van der Waals surface area contributed by atoms with Gasteiger partial charge in [0.15, 0.2) is 0 Å². The minimum Gasteiger partial charge on any atom is -0.120 e. The average Bonchev–Trinajstić information content (AvgIpc) is 1.41. The topological polar surface area (TPSA) is 0 Å². The van der Waals surface area contributed by atoms with Crippen LogP contribution in [0.15, 0.2) is 0 Å². The first-order chi connectivity index (χ1) is 2.41. The molecule has 0 saturated heterocycles. The van der Waals surface area contributed by atoms with Gasteiger partial charge in [-0.15, -0.1) is 12.3 Å². The molecule has 0 aromatic carbocycles. The number of terminal acetylenes is 1. The van der Waals surface area contributed by atoms with Crippen LogP contribution in [0.4, 0.5) is 0 Å². The molecule has 0 aromatic rings. The molecule has 0 nitrogen and oxygen atoms in total. The molecule has 0 unspecified atom stereocenters. The number of hydrogen-bond donors (Lipinski definition) is 0. The summed E-state index contributed by atoms with van der Waals surface area (Å²) in [6, 6.07) is 0.944. The van der Waals surface area contributed by atoms with Gasteiger partial charge in [-0.05, 0) is 6.04 Å². The van der Waals surface area contributed by atoms with Crippen LogP contribution in [0.5, 0.6) is 0 Å². The summed E-state index contributed by atoms with van der Waals surface area (Å²) < 4.78 is 0. The molecule has 2 radical (unpaired) electrons. The van der Waals surface area contributed by atoms with E-state index in [1.807, 2.05) is 0 Å². The second-order valence-corrected chi connectivity index (χ2v) is 1.80. The molecule has 0 fully saturated rings. The van der Waals surface area contributed by atoms with Crippen molar-refractivity contribution in [2.75, 3.05) is 0 Å². The summed E-state index contributed by atoms with van der Waals surface area (Å²) in [7, 11) is 0.922. The van der Waals surface area contributed by atoms with Gasteiger partial charge in [-0.3, -0.25) is 0 Å². The Morgan fingerprint density at radius 1 is 2.00 bits per heavy atom. The molecule has 5 heavy (non-hydrogen) atoms. The van der Waals surface area contributed by atoms with E-state index in [1.54, 1.807) is 0 Å². The Bertz CT molecular complexity index is 42.1. The zero-order chi connectivity index (χ0) is 4.12. The van der Waals surface area contributed by atoms with Gasteiger partial charge >= 0.3 is 0 Å². The first kappa shape index (κ1) is 4.78. The van der Waals surface area contributed by atoms with E-state index in [2.05, 4.69) is 12.5 Å². The van der Waals surface area contributed by atoms with Crippen LogP contribution < -0.4 is 0 Å². The Morgan fingerprint density at radius 3 is 2.60 bits per heavy atom. The average molecular weight is 82.2 g/mol. The quantitative estimate of drug-likeness (QED) is 0.324. The van der Waals surface area contributed by atoms with Gasteiger partial charge in [-0.1, -0.05) is 6.55 Å². The largest absolute Gasteiger partial charge is 0.120 e. The van der Waals surface area contributed by atoms with Crippen molar-refractivity contribution in [2.45, 2.75) is 12.6 Å². The third-order valence-electron chi connectivity index (χ3n) is 0.279. The predicted molar refractivity (Wildman–Crippen MR) is 25.3 cm³/mol. The van der Waals surface area contributed by atoms with Crippen LogP contribution in [-0.4, -0.2) is 9.52 Å². The normalized spacial score (nSPS) is 6.40. The van der Waals surface area contributed by atoms with Crippen LogP contribution in [-0.2, 0) is 0 Å². The second-order valence-electron chi connectivity index (χ2n) is 0.734. The summed E-state index contributed by atoms with van der Waals surface area (Å²) in [5, 5.41) is 0. The lowest BCUT2D eigenvalue weighted by Crippen LogP contribution is -1.70. The van der Waals surface area contributed by atoms with Crippen molar-refractivity contribution in [3.05, 3.63) is 0 Å². The van der Waals surface area contributed by atoms with E-state index < -0.39 is 0 Å². The van der Waals surface area contributed by atoms with Crippen molar-refractivity contribution in [3.8, 4) is 12.3 Å². The van der Waals surface area contributed by atoms with E-state index >= 15 is 0 Å². The molecule has 0 rings (SSSR count). The van der Waals surface area contributed by atoms with E-state index in [0.717, 1.165) is 15.6 Å². The van der Waals surface area contributed by atoms with E-state index in [1.165, 1.54) is 0 Å². The van der Waals surface area contributed by atoms with Crippen LogP contribution in [0.1, 0.15) is 0 Å². The van der Waals surface area contributed by atoms with Gasteiger partial charge < -0.3 is 0 Å². The zero-order valence-electron chi connectivity index (χ0n) is 3.28. The summed E-state index contributed by atoms with van der Waals surface area (Å²) >= 11 is 0. The summed E-state index contributed by atoms with van der Waals surface area (Å²) in [4.78, 5) is 0. The molecule has 0 amide bonds. The minimum absolute atomic E-state index is 0.922. The number of rotatable bonds is 1. The smallest absolute Gasteiger partial charge is 0.0500 e. The van der Waals surface area contributed by atoms with Gasteiger partial charge in [0.1, 0.15) is 0 Å². The van der Waals surface area contributed by atoms with Crippen LogP contribution in [0.25, 0.3) is 0 Å². The molecule has 0 N–H and O–H groups in total. The Balaban J connectivity index is 2.48. The SMILES string of the molecule is C#CC[Si]C. The van der Waals surface area contributed by atoms with E-state index in [0.29, 0.717) is 0 Å². The van der Waals surface area contributed by atoms with Gasteiger partial charge in [0.2, 0.25) is 0 Å². The Labute approximate surface area is 35.4 Å². The van der Waals surface area contributed by atoms with Crippen molar-refractivity contribution in [1.82, 2.24) is 0 Å². The van der Waals surface area contributed by atoms with Crippen LogP contribution >= 0.6 is 0 Å². The van der Waals surface area contributed by atoms with Gasteiger partial charge in [0, 0.05) is 9.52 Å². The molecular weight excluding hydrogens is 76.1 g/mol. The Kier molecular flexibility index (Phi) is 3.61.